The summed E-state index contributed by atoms with van der Waals surface area (Å²) >= 11 is 0. The molecule has 1 aromatic carbocycles. The highest BCUT2D eigenvalue weighted by Crippen LogP contribution is 2.31. The van der Waals surface area contributed by atoms with Gasteiger partial charge in [-0.25, -0.2) is 0 Å². The molecule has 0 unspecified atom stereocenters. The summed E-state index contributed by atoms with van der Waals surface area (Å²) in [5.74, 6) is 0.767. The highest BCUT2D eigenvalue weighted by molar-refractivity contribution is 5.39. The SMILES string of the molecule is COc1cc(OC)cc([C@H](O)C[C@@H](N)C(F)(F)F)c1. The molecule has 7 heteroatoms. The van der Waals surface area contributed by atoms with E-state index in [2.05, 4.69) is 0 Å². The fourth-order valence-electron chi connectivity index (χ4n) is 1.53. The van der Waals surface area contributed by atoms with Crippen molar-refractivity contribution in [1.29, 1.82) is 0 Å². The van der Waals surface area contributed by atoms with E-state index in [0.717, 1.165) is 0 Å². The second-order valence-electron chi connectivity index (χ2n) is 4.05. The van der Waals surface area contributed by atoms with Crippen molar-refractivity contribution in [3.63, 3.8) is 0 Å². The van der Waals surface area contributed by atoms with Gasteiger partial charge in [-0.2, -0.15) is 13.2 Å². The molecule has 0 aliphatic rings. The molecule has 0 amide bonds. The zero-order valence-corrected chi connectivity index (χ0v) is 10.6. The summed E-state index contributed by atoms with van der Waals surface area (Å²) in [6, 6.07) is 2.35. The highest BCUT2D eigenvalue weighted by atomic mass is 19.4. The van der Waals surface area contributed by atoms with E-state index in [1.165, 1.54) is 26.4 Å². The van der Waals surface area contributed by atoms with Crippen LogP contribution in [-0.4, -0.2) is 31.5 Å². The molecular formula is C12H16F3NO3. The summed E-state index contributed by atoms with van der Waals surface area (Å²) in [6.45, 7) is 0. The Bertz CT molecular complexity index is 401. The molecule has 1 aromatic rings. The zero-order chi connectivity index (χ0) is 14.6. The van der Waals surface area contributed by atoms with Crippen molar-refractivity contribution in [3.05, 3.63) is 23.8 Å². The van der Waals surface area contributed by atoms with Crippen molar-refractivity contribution in [3.8, 4) is 11.5 Å². The van der Waals surface area contributed by atoms with Crippen LogP contribution < -0.4 is 15.2 Å². The summed E-state index contributed by atoms with van der Waals surface area (Å²) in [7, 11) is 2.82. The lowest BCUT2D eigenvalue weighted by Gasteiger charge is -2.20. The van der Waals surface area contributed by atoms with Gasteiger partial charge in [-0.05, 0) is 17.7 Å². The van der Waals surface area contributed by atoms with E-state index < -0.39 is 24.7 Å². The minimum Gasteiger partial charge on any atom is -0.497 e. The minimum atomic E-state index is -4.54. The Morgan fingerprint density at radius 3 is 2.00 bits per heavy atom. The minimum absolute atomic E-state index is 0.260. The molecule has 0 fully saturated rings. The van der Waals surface area contributed by atoms with Gasteiger partial charge in [-0.3, -0.25) is 0 Å². The molecule has 19 heavy (non-hydrogen) atoms. The second kappa shape index (κ2) is 6.12. The van der Waals surface area contributed by atoms with Gasteiger partial charge >= 0.3 is 6.18 Å². The van der Waals surface area contributed by atoms with E-state index in [0.29, 0.717) is 11.5 Å². The molecule has 0 heterocycles. The Morgan fingerprint density at radius 1 is 1.16 bits per heavy atom. The van der Waals surface area contributed by atoms with Crippen LogP contribution in [0.5, 0.6) is 11.5 Å². The molecular weight excluding hydrogens is 263 g/mol. The second-order valence-corrected chi connectivity index (χ2v) is 4.05. The molecule has 0 radical (unpaired) electrons. The maximum absolute atomic E-state index is 12.3. The molecule has 0 aromatic heterocycles. The molecule has 0 spiro atoms. The van der Waals surface area contributed by atoms with E-state index >= 15 is 0 Å². The van der Waals surface area contributed by atoms with Gasteiger partial charge in [0.25, 0.3) is 0 Å². The van der Waals surface area contributed by atoms with Crippen LogP contribution in [-0.2, 0) is 0 Å². The van der Waals surface area contributed by atoms with Crippen LogP contribution in [0.4, 0.5) is 13.2 Å². The predicted molar refractivity (Wildman–Crippen MR) is 63.2 cm³/mol. The van der Waals surface area contributed by atoms with Crippen molar-refractivity contribution in [2.24, 2.45) is 5.73 Å². The third kappa shape index (κ3) is 4.29. The first-order valence-corrected chi connectivity index (χ1v) is 5.51. The number of aliphatic hydroxyl groups excluding tert-OH is 1. The lowest BCUT2D eigenvalue weighted by molar-refractivity contribution is -0.153. The van der Waals surface area contributed by atoms with Crippen molar-refractivity contribution in [2.45, 2.75) is 24.7 Å². The van der Waals surface area contributed by atoms with Gasteiger partial charge in [-0.15, -0.1) is 0 Å². The lowest BCUT2D eigenvalue weighted by atomic mass is 10.0. The Labute approximate surface area is 108 Å². The number of benzene rings is 1. The highest BCUT2D eigenvalue weighted by Gasteiger charge is 2.38. The fraction of sp³-hybridized carbons (Fsp3) is 0.500. The Balaban J connectivity index is 2.90. The standard InChI is InChI=1S/C12H16F3NO3/c1-18-8-3-7(4-9(5-8)19-2)10(17)6-11(16)12(13,14)15/h3-5,10-11,17H,6,16H2,1-2H3/t10-,11-/m1/s1. The van der Waals surface area contributed by atoms with Crippen LogP contribution >= 0.6 is 0 Å². The molecule has 4 nitrogen and oxygen atoms in total. The molecule has 108 valence electrons. The normalized spacial score (nSPS) is 14.9. The Morgan fingerprint density at radius 2 is 1.63 bits per heavy atom. The molecule has 3 N–H and O–H groups in total. The fourth-order valence-corrected chi connectivity index (χ4v) is 1.53. The van der Waals surface area contributed by atoms with Crippen LogP contribution in [0.3, 0.4) is 0 Å². The average molecular weight is 279 g/mol. The summed E-state index contributed by atoms with van der Waals surface area (Å²) in [5.41, 5.74) is 5.24. The molecule has 1 rings (SSSR count). The number of ether oxygens (including phenoxy) is 2. The monoisotopic (exact) mass is 279 g/mol. The van der Waals surface area contributed by atoms with Crippen LogP contribution in [0.2, 0.25) is 0 Å². The Kier molecular flexibility index (Phi) is 5.02. The van der Waals surface area contributed by atoms with Gasteiger partial charge in [0.1, 0.15) is 17.5 Å². The van der Waals surface area contributed by atoms with Crippen molar-refractivity contribution in [2.75, 3.05) is 14.2 Å². The summed E-state index contributed by atoms with van der Waals surface area (Å²) in [4.78, 5) is 0. The molecule has 2 atom stereocenters. The van der Waals surface area contributed by atoms with Gasteiger partial charge in [0, 0.05) is 12.5 Å². The number of halogens is 3. The van der Waals surface area contributed by atoms with Crippen LogP contribution in [0.25, 0.3) is 0 Å². The summed E-state index contributed by atoms with van der Waals surface area (Å²) < 4.78 is 46.9. The van der Waals surface area contributed by atoms with E-state index in [1.54, 1.807) is 6.07 Å². The summed E-state index contributed by atoms with van der Waals surface area (Å²) in [6.07, 6.45) is -6.51. The average Bonchev–Trinajstić information content (AvgIpc) is 2.36. The van der Waals surface area contributed by atoms with Crippen molar-refractivity contribution >= 4 is 0 Å². The first-order chi connectivity index (χ1) is 8.77. The number of methoxy groups -OCH3 is 2. The van der Waals surface area contributed by atoms with E-state index in [-0.39, 0.29) is 5.56 Å². The number of alkyl halides is 3. The third-order valence-corrected chi connectivity index (χ3v) is 2.66. The van der Waals surface area contributed by atoms with Gasteiger partial charge < -0.3 is 20.3 Å². The first kappa shape index (κ1) is 15.6. The maximum atomic E-state index is 12.3. The van der Waals surface area contributed by atoms with Gasteiger partial charge in [0.05, 0.1) is 20.3 Å². The topological polar surface area (TPSA) is 64.7 Å². The number of hydrogen-bond acceptors (Lipinski definition) is 4. The van der Waals surface area contributed by atoms with Gasteiger partial charge in [0.2, 0.25) is 0 Å². The number of hydrogen-bond donors (Lipinski definition) is 2. The maximum Gasteiger partial charge on any atom is 0.403 e. The largest absolute Gasteiger partial charge is 0.497 e. The van der Waals surface area contributed by atoms with E-state index in [9.17, 15) is 18.3 Å². The van der Waals surface area contributed by atoms with Crippen LogP contribution in [0, 0.1) is 0 Å². The molecule has 0 bridgehead atoms. The van der Waals surface area contributed by atoms with Gasteiger partial charge in [-0.1, -0.05) is 0 Å². The summed E-state index contributed by atoms with van der Waals surface area (Å²) in [5, 5.41) is 9.80. The third-order valence-electron chi connectivity index (χ3n) is 2.66. The van der Waals surface area contributed by atoms with E-state index in [1.807, 2.05) is 0 Å². The number of aliphatic hydroxyl groups is 1. The van der Waals surface area contributed by atoms with Crippen LogP contribution in [0.15, 0.2) is 18.2 Å². The first-order valence-electron chi connectivity index (χ1n) is 5.51. The lowest BCUT2D eigenvalue weighted by Crippen LogP contribution is -2.38. The molecule has 0 aliphatic heterocycles. The molecule has 0 saturated heterocycles. The number of nitrogens with two attached hydrogens (primary N) is 1. The Hall–Kier alpha value is -1.47. The van der Waals surface area contributed by atoms with Gasteiger partial charge in [0.15, 0.2) is 0 Å². The molecule has 0 saturated carbocycles. The van der Waals surface area contributed by atoms with E-state index in [4.69, 9.17) is 15.2 Å². The smallest absolute Gasteiger partial charge is 0.403 e. The quantitative estimate of drug-likeness (QED) is 0.865. The van der Waals surface area contributed by atoms with Crippen LogP contribution in [0.1, 0.15) is 18.1 Å². The van der Waals surface area contributed by atoms with Crippen molar-refractivity contribution < 1.29 is 27.8 Å². The molecule has 0 aliphatic carbocycles. The number of rotatable bonds is 5. The van der Waals surface area contributed by atoms with Crippen molar-refractivity contribution in [1.82, 2.24) is 0 Å². The zero-order valence-electron chi connectivity index (χ0n) is 10.6. The predicted octanol–water partition coefficient (Wildman–Crippen LogP) is 2.02.